The van der Waals surface area contributed by atoms with Gasteiger partial charge in [0.15, 0.2) is 0 Å². The number of likely N-dealkylation sites (tertiary alicyclic amines) is 1. The lowest BCUT2D eigenvalue weighted by molar-refractivity contribution is 0.0684. The van der Waals surface area contributed by atoms with E-state index >= 15 is 0 Å². The van der Waals surface area contributed by atoms with E-state index in [-0.39, 0.29) is 18.1 Å². The van der Waals surface area contributed by atoms with Crippen molar-refractivity contribution in [1.29, 1.82) is 0 Å². The maximum Gasteiger partial charge on any atom is 0.254 e. The highest BCUT2D eigenvalue weighted by Gasteiger charge is 2.30. The van der Waals surface area contributed by atoms with Crippen LogP contribution in [0.5, 0.6) is 0 Å². The number of aliphatic hydroxyl groups is 1. The Labute approximate surface area is 124 Å². The topological polar surface area (TPSA) is 53.4 Å². The summed E-state index contributed by atoms with van der Waals surface area (Å²) in [5.41, 5.74) is 1.55. The highest BCUT2D eigenvalue weighted by Crippen LogP contribution is 2.26. The van der Waals surface area contributed by atoms with E-state index in [1.165, 1.54) is 0 Å². The Morgan fingerprint density at radius 1 is 1.43 bits per heavy atom. The lowest BCUT2D eigenvalue weighted by atomic mass is 10.0. The zero-order valence-corrected chi connectivity index (χ0v) is 12.2. The Morgan fingerprint density at radius 3 is 3.10 bits per heavy atom. The van der Waals surface area contributed by atoms with E-state index < -0.39 is 0 Å². The predicted octanol–water partition coefficient (Wildman–Crippen LogP) is 2.61. The van der Waals surface area contributed by atoms with Gasteiger partial charge in [-0.3, -0.25) is 9.78 Å². The van der Waals surface area contributed by atoms with Gasteiger partial charge in [-0.25, -0.2) is 0 Å². The smallest absolute Gasteiger partial charge is 0.254 e. The number of benzene rings is 1. The minimum Gasteiger partial charge on any atom is -0.393 e. The molecular formula is C17H20N2O2. The van der Waals surface area contributed by atoms with Gasteiger partial charge in [-0.05, 0) is 44.4 Å². The molecule has 1 aromatic carbocycles. The number of hydrogen-bond donors (Lipinski definition) is 1. The standard InChI is InChI=1S/C17H20N2O2/c1-12(20)11-13-5-4-10-19(13)17(21)15-6-2-8-16-14(15)7-3-9-18-16/h2-3,6-9,12-13,20H,4-5,10-11H2,1H3. The number of aromatic nitrogens is 1. The Bertz CT molecular complexity index is 649. The van der Waals surface area contributed by atoms with Crippen LogP contribution in [0.15, 0.2) is 36.5 Å². The maximum absolute atomic E-state index is 12.9. The molecule has 110 valence electrons. The summed E-state index contributed by atoms with van der Waals surface area (Å²) in [7, 11) is 0. The summed E-state index contributed by atoms with van der Waals surface area (Å²) in [5.74, 6) is 0.0525. The van der Waals surface area contributed by atoms with Crippen LogP contribution in [0.1, 0.15) is 36.5 Å². The first-order chi connectivity index (χ1) is 10.2. The minimum atomic E-state index is -0.377. The van der Waals surface area contributed by atoms with Crippen molar-refractivity contribution in [2.24, 2.45) is 0 Å². The first kappa shape index (κ1) is 14.0. The summed E-state index contributed by atoms with van der Waals surface area (Å²) in [4.78, 5) is 19.1. The average Bonchev–Trinajstić information content (AvgIpc) is 2.93. The largest absolute Gasteiger partial charge is 0.393 e. The molecule has 0 spiro atoms. The summed E-state index contributed by atoms with van der Waals surface area (Å²) in [6.45, 7) is 2.55. The lowest BCUT2D eigenvalue weighted by Crippen LogP contribution is -2.37. The van der Waals surface area contributed by atoms with Gasteiger partial charge in [0.1, 0.15) is 0 Å². The number of fused-ring (bicyclic) bond motifs is 1. The first-order valence-electron chi connectivity index (χ1n) is 7.49. The number of nitrogens with zero attached hydrogens (tertiary/aromatic N) is 2. The molecule has 1 amide bonds. The second-order valence-corrected chi connectivity index (χ2v) is 5.75. The van der Waals surface area contributed by atoms with Crippen LogP contribution in [0.2, 0.25) is 0 Å². The van der Waals surface area contributed by atoms with Crippen molar-refractivity contribution in [2.45, 2.75) is 38.3 Å². The molecule has 1 fully saturated rings. The summed E-state index contributed by atoms with van der Waals surface area (Å²) in [5, 5.41) is 10.5. The van der Waals surface area contributed by atoms with E-state index in [4.69, 9.17) is 0 Å². The molecule has 2 aromatic rings. The second-order valence-electron chi connectivity index (χ2n) is 5.75. The monoisotopic (exact) mass is 284 g/mol. The van der Waals surface area contributed by atoms with Crippen LogP contribution >= 0.6 is 0 Å². The third-order valence-corrected chi connectivity index (χ3v) is 4.13. The predicted molar refractivity (Wildman–Crippen MR) is 82.1 cm³/mol. The molecule has 0 aliphatic carbocycles. The SMILES string of the molecule is CC(O)CC1CCCN1C(=O)c1cccc2ncccc12. The van der Waals surface area contributed by atoms with Crippen molar-refractivity contribution in [2.75, 3.05) is 6.54 Å². The number of pyridine rings is 1. The van der Waals surface area contributed by atoms with Crippen LogP contribution in [0.25, 0.3) is 10.9 Å². The molecule has 3 rings (SSSR count). The van der Waals surface area contributed by atoms with Gasteiger partial charge in [0.25, 0.3) is 5.91 Å². The van der Waals surface area contributed by atoms with Crippen molar-refractivity contribution < 1.29 is 9.90 Å². The maximum atomic E-state index is 12.9. The van der Waals surface area contributed by atoms with Crippen molar-refractivity contribution in [3.63, 3.8) is 0 Å². The molecular weight excluding hydrogens is 264 g/mol. The molecule has 4 heteroatoms. The van der Waals surface area contributed by atoms with Gasteiger partial charge in [-0.15, -0.1) is 0 Å². The van der Waals surface area contributed by atoms with E-state index in [0.29, 0.717) is 12.0 Å². The van der Waals surface area contributed by atoms with Crippen molar-refractivity contribution in [3.8, 4) is 0 Å². The highest BCUT2D eigenvalue weighted by atomic mass is 16.3. The number of rotatable bonds is 3. The van der Waals surface area contributed by atoms with Gasteiger partial charge >= 0.3 is 0 Å². The number of hydrogen-bond acceptors (Lipinski definition) is 3. The average molecular weight is 284 g/mol. The number of carbonyl (C=O) groups is 1. The van der Waals surface area contributed by atoms with Gasteiger partial charge in [0, 0.05) is 29.7 Å². The molecule has 1 aromatic heterocycles. The molecule has 1 aliphatic heterocycles. The van der Waals surface area contributed by atoms with Gasteiger partial charge in [-0.2, -0.15) is 0 Å². The third-order valence-electron chi connectivity index (χ3n) is 4.13. The molecule has 0 bridgehead atoms. The fourth-order valence-electron chi connectivity index (χ4n) is 3.19. The van der Waals surface area contributed by atoms with Crippen LogP contribution in [-0.2, 0) is 0 Å². The van der Waals surface area contributed by atoms with E-state index in [2.05, 4.69) is 4.98 Å². The third kappa shape index (κ3) is 2.76. The van der Waals surface area contributed by atoms with E-state index in [1.807, 2.05) is 35.2 Å². The van der Waals surface area contributed by atoms with Gasteiger partial charge in [0.2, 0.25) is 0 Å². The fraction of sp³-hybridized carbons (Fsp3) is 0.412. The van der Waals surface area contributed by atoms with Crippen molar-refractivity contribution in [3.05, 3.63) is 42.1 Å². The van der Waals surface area contributed by atoms with Crippen molar-refractivity contribution >= 4 is 16.8 Å². The summed E-state index contributed by atoms with van der Waals surface area (Å²) >= 11 is 0. The van der Waals surface area contributed by atoms with Gasteiger partial charge in [0.05, 0.1) is 11.6 Å². The lowest BCUT2D eigenvalue weighted by Gasteiger charge is -2.26. The molecule has 0 radical (unpaired) electrons. The number of amides is 1. The zero-order valence-electron chi connectivity index (χ0n) is 12.2. The fourth-order valence-corrected chi connectivity index (χ4v) is 3.19. The van der Waals surface area contributed by atoms with Crippen LogP contribution in [0.3, 0.4) is 0 Å². The van der Waals surface area contributed by atoms with Crippen LogP contribution in [-0.4, -0.2) is 39.6 Å². The molecule has 1 saturated heterocycles. The van der Waals surface area contributed by atoms with Gasteiger partial charge < -0.3 is 10.0 Å². The molecule has 4 nitrogen and oxygen atoms in total. The Kier molecular flexibility index (Phi) is 3.88. The second kappa shape index (κ2) is 5.82. The Balaban J connectivity index is 1.93. The Hall–Kier alpha value is -1.94. The van der Waals surface area contributed by atoms with E-state index in [1.54, 1.807) is 13.1 Å². The molecule has 1 aliphatic rings. The first-order valence-corrected chi connectivity index (χ1v) is 7.49. The quantitative estimate of drug-likeness (QED) is 0.942. The molecule has 1 N–H and O–H groups in total. The molecule has 21 heavy (non-hydrogen) atoms. The molecule has 2 atom stereocenters. The van der Waals surface area contributed by atoms with Crippen LogP contribution in [0, 0.1) is 0 Å². The van der Waals surface area contributed by atoms with E-state index in [9.17, 15) is 9.90 Å². The zero-order chi connectivity index (χ0) is 14.8. The van der Waals surface area contributed by atoms with Crippen LogP contribution < -0.4 is 0 Å². The van der Waals surface area contributed by atoms with Crippen molar-refractivity contribution in [1.82, 2.24) is 9.88 Å². The number of carbonyl (C=O) groups excluding carboxylic acids is 1. The highest BCUT2D eigenvalue weighted by molar-refractivity contribution is 6.06. The molecule has 2 unspecified atom stereocenters. The minimum absolute atomic E-state index is 0.0525. The number of aliphatic hydroxyl groups excluding tert-OH is 1. The van der Waals surface area contributed by atoms with Crippen LogP contribution in [0.4, 0.5) is 0 Å². The molecule has 2 heterocycles. The molecule has 0 saturated carbocycles. The Morgan fingerprint density at radius 2 is 2.29 bits per heavy atom. The summed E-state index contributed by atoms with van der Waals surface area (Å²) in [6.07, 6.45) is 3.99. The summed E-state index contributed by atoms with van der Waals surface area (Å²) < 4.78 is 0. The van der Waals surface area contributed by atoms with Gasteiger partial charge in [-0.1, -0.05) is 12.1 Å². The summed E-state index contributed by atoms with van der Waals surface area (Å²) in [6, 6.07) is 9.60. The normalized spacial score (nSPS) is 19.9. The van der Waals surface area contributed by atoms with E-state index in [0.717, 1.165) is 30.3 Å².